The number of hydrogen-bond donors (Lipinski definition) is 1. The summed E-state index contributed by atoms with van der Waals surface area (Å²) in [4.78, 5) is 25.7. The molecular weight excluding hydrogens is 324 g/mol. The van der Waals surface area contributed by atoms with Crippen molar-refractivity contribution in [3.63, 3.8) is 0 Å². The minimum absolute atomic E-state index is 0.116. The zero-order valence-electron chi connectivity index (χ0n) is 15.7. The van der Waals surface area contributed by atoms with Crippen LogP contribution in [0.15, 0.2) is 47.4 Å². The zero-order valence-corrected chi connectivity index (χ0v) is 15.7. The SMILES string of the molecule is Cc1ccn(C(C)c2ccccc2)c(=O)c1C(=O)NCC1CCCCC1. The first-order valence-electron chi connectivity index (χ1n) is 9.63. The monoisotopic (exact) mass is 352 g/mol. The Kier molecular flexibility index (Phi) is 5.92. The van der Waals surface area contributed by atoms with Crippen LogP contribution in [0.25, 0.3) is 0 Å². The molecule has 0 radical (unpaired) electrons. The Bertz CT molecular complexity index is 805. The summed E-state index contributed by atoms with van der Waals surface area (Å²) in [5.41, 5.74) is 1.83. The third-order valence-corrected chi connectivity index (χ3v) is 5.53. The van der Waals surface area contributed by atoms with Crippen molar-refractivity contribution in [3.05, 3.63) is 69.6 Å². The van der Waals surface area contributed by atoms with Gasteiger partial charge in [-0.1, -0.05) is 49.6 Å². The molecule has 1 aliphatic rings. The Balaban J connectivity index is 1.80. The van der Waals surface area contributed by atoms with E-state index in [1.54, 1.807) is 10.8 Å². The third-order valence-electron chi connectivity index (χ3n) is 5.53. The van der Waals surface area contributed by atoms with Crippen LogP contribution in [0.2, 0.25) is 0 Å². The van der Waals surface area contributed by atoms with Crippen LogP contribution in [0, 0.1) is 12.8 Å². The number of benzene rings is 1. The van der Waals surface area contributed by atoms with Crippen molar-refractivity contribution < 1.29 is 4.79 Å². The molecule has 26 heavy (non-hydrogen) atoms. The van der Waals surface area contributed by atoms with E-state index in [2.05, 4.69) is 5.32 Å². The van der Waals surface area contributed by atoms with Gasteiger partial charge in [-0.2, -0.15) is 0 Å². The summed E-state index contributed by atoms with van der Waals surface area (Å²) in [6, 6.07) is 11.6. The fraction of sp³-hybridized carbons (Fsp3) is 0.455. The van der Waals surface area contributed by atoms with Crippen LogP contribution in [0.4, 0.5) is 0 Å². The lowest BCUT2D eigenvalue weighted by Crippen LogP contribution is -2.37. The van der Waals surface area contributed by atoms with E-state index in [-0.39, 0.29) is 23.1 Å². The number of aryl methyl sites for hydroxylation is 1. The standard InChI is InChI=1S/C22H28N2O2/c1-16-13-14-24(17(2)19-11-7-4-8-12-19)22(26)20(16)21(25)23-15-18-9-5-3-6-10-18/h4,7-8,11-14,17-18H,3,5-6,9-10,15H2,1-2H3,(H,23,25). The Hall–Kier alpha value is -2.36. The Morgan fingerprint density at radius 1 is 1.15 bits per heavy atom. The van der Waals surface area contributed by atoms with Crippen molar-refractivity contribution in [2.24, 2.45) is 5.92 Å². The van der Waals surface area contributed by atoms with Crippen LogP contribution in [0.1, 0.15) is 66.6 Å². The van der Waals surface area contributed by atoms with Crippen molar-refractivity contribution in [2.75, 3.05) is 6.54 Å². The van der Waals surface area contributed by atoms with Gasteiger partial charge in [0.2, 0.25) is 0 Å². The summed E-state index contributed by atoms with van der Waals surface area (Å²) >= 11 is 0. The van der Waals surface area contributed by atoms with Gasteiger partial charge in [0.25, 0.3) is 11.5 Å². The van der Waals surface area contributed by atoms with Gasteiger partial charge in [0.1, 0.15) is 5.56 Å². The second kappa shape index (κ2) is 8.35. The van der Waals surface area contributed by atoms with Crippen molar-refractivity contribution in [1.82, 2.24) is 9.88 Å². The van der Waals surface area contributed by atoms with Crippen LogP contribution in [0.3, 0.4) is 0 Å². The predicted octanol–water partition coefficient (Wildman–Crippen LogP) is 4.08. The first-order chi connectivity index (χ1) is 12.6. The molecular formula is C22H28N2O2. The Morgan fingerprint density at radius 3 is 2.54 bits per heavy atom. The zero-order chi connectivity index (χ0) is 18.5. The lowest BCUT2D eigenvalue weighted by Gasteiger charge is -2.22. The molecule has 1 fully saturated rings. The van der Waals surface area contributed by atoms with Gasteiger partial charge in [-0.15, -0.1) is 0 Å². The second-order valence-corrected chi connectivity index (χ2v) is 7.39. The van der Waals surface area contributed by atoms with E-state index in [0.29, 0.717) is 12.5 Å². The molecule has 1 amide bonds. The van der Waals surface area contributed by atoms with Gasteiger partial charge in [-0.25, -0.2) is 0 Å². The fourth-order valence-electron chi connectivity index (χ4n) is 3.83. The largest absolute Gasteiger partial charge is 0.352 e. The number of aromatic nitrogens is 1. The Morgan fingerprint density at radius 2 is 1.85 bits per heavy atom. The molecule has 1 saturated carbocycles. The lowest BCUT2D eigenvalue weighted by molar-refractivity contribution is 0.0940. The molecule has 1 atom stereocenters. The number of hydrogen-bond acceptors (Lipinski definition) is 2. The summed E-state index contributed by atoms with van der Waals surface area (Å²) in [6.07, 6.45) is 7.91. The van der Waals surface area contributed by atoms with E-state index in [4.69, 9.17) is 0 Å². The molecule has 1 aliphatic carbocycles. The van der Waals surface area contributed by atoms with Crippen LogP contribution >= 0.6 is 0 Å². The van der Waals surface area contributed by atoms with E-state index < -0.39 is 0 Å². The highest BCUT2D eigenvalue weighted by Crippen LogP contribution is 2.23. The minimum atomic E-state index is -0.243. The number of pyridine rings is 1. The summed E-state index contributed by atoms with van der Waals surface area (Å²) in [5.74, 6) is 0.301. The fourth-order valence-corrected chi connectivity index (χ4v) is 3.83. The molecule has 1 aromatic heterocycles. The maximum Gasteiger partial charge on any atom is 0.264 e. The number of nitrogens with one attached hydrogen (secondary N) is 1. The first-order valence-corrected chi connectivity index (χ1v) is 9.63. The molecule has 1 N–H and O–H groups in total. The highest BCUT2D eigenvalue weighted by atomic mass is 16.2. The van der Waals surface area contributed by atoms with Gasteiger partial charge in [0, 0.05) is 12.7 Å². The second-order valence-electron chi connectivity index (χ2n) is 7.39. The average molecular weight is 352 g/mol. The number of carbonyl (C=O) groups is 1. The van der Waals surface area contributed by atoms with Crippen LogP contribution in [-0.4, -0.2) is 17.0 Å². The van der Waals surface area contributed by atoms with Crippen molar-refractivity contribution >= 4 is 5.91 Å². The topological polar surface area (TPSA) is 51.1 Å². The Labute approximate surface area is 155 Å². The van der Waals surface area contributed by atoms with E-state index in [1.165, 1.54) is 32.1 Å². The van der Waals surface area contributed by atoms with Crippen LogP contribution in [-0.2, 0) is 0 Å². The van der Waals surface area contributed by atoms with Crippen molar-refractivity contribution in [2.45, 2.75) is 52.0 Å². The van der Waals surface area contributed by atoms with Crippen LogP contribution in [0.5, 0.6) is 0 Å². The maximum absolute atomic E-state index is 13.0. The predicted molar refractivity (Wildman–Crippen MR) is 105 cm³/mol. The average Bonchev–Trinajstić information content (AvgIpc) is 2.67. The quantitative estimate of drug-likeness (QED) is 0.882. The van der Waals surface area contributed by atoms with Crippen LogP contribution < -0.4 is 10.9 Å². The van der Waals surface area contributed by atoms with Gasteiger partial charge in [-0.05, 0) is 49.8 Å². The molecule has 2 aromatic rings. The molecule has 0 aliphatic heterocycles. The number of carbonyl (C=O) groups excluding carboxylic acids is 1. The smallest absolute Gasteiger partial charge is 0.264 e. The highest BCUT2D eigenvalue weighted by Gasteiger charge is 2.20. The van der Waals surface area contributed by atoms with E-state index in [1.807, 2.05) is 50.2 Å². The third kappa shape index (κ3) is 4.06. The number of rotatable bonds is 5. The van der Waals surface area contributed by atoms with E-state index in [0.717, 1.165) is 11.1 Å². The molecule has 1 aromatic carbocycles. The van der Waals surface area contributed by atoms with Gasteiger partial charge >= 0.3 is 0 Å². The lowest BCUT2D eigenvalue weighted by atomic mass is 9.89. The molecule has 0 saturated heterocycles. The van der Waals surface area contributed by atoms with Crippen molar-refractivity contribution in [1.29, 1.82) is 0 Å². The normalized spacial score (nSPS) is 16.2. The van der Waals surface area contributed by atoms with Crippen molar-refractivity contribution in [3.8, 4) is 0 Å². The summed E-state index contributed by atoms with van der Waals surface area (Å²) in [7, 11) is 0. The highest BCUT2D eigenvalue weighted by molar-refractivity contribution is 5.95. The van der Waals surface area contributed by atoms with Gasteiger partial charge in [0.15, 0.2) is 0 Å². The van der Waals surface area contributed by atoms with Gasteiger partial charge < -0.3 is 9.88 Å². The molecule has 0 bridgehead atoms. The first kappa shape index (κ1) is 18.4. The molecule has 4 heteroatoms. The number of nitrogens with zero attached hydrogens (tertiary/aromatic N) is 1. The summed E-state index contributed by atoms with van der Waals surface area (Å²) in [5, 5.41) is 3.00. The molecule has 1 heterocycles. The molecule has 0 spiro atoms. The summed E-state index contributed by atoms with van der Waals surface area (Å²) in [6.45, 7) is 4.48. The summed E-state index contributed by atoms with van der Waals surface area (Å²) < 4.78 is 1.65. The van der Waals surface area contributed by atoms with Gasteiger partial charge in [0.05, 0.1) is 6.04 Å². The minimum Gasteiger partial charge on any atom is -0.352 e. The molecule has 4 nitrogen and oxygen atoms in total. The maximum atomic E-state index is 13.0. The molecule has 138 valence electrons. The van der Waals surface area contributed by atoms with E-state index in [9.17, 15) is 9.59 Å². The number of amides is 1. The van der Waals surface area contributed by atoms with Gasteiger partial charge in [-0.3, -0.25) is 9.59 Å². The van der Waals surface area contributed by atoms with E-state index >= 15 is 0 Å². The molecule has 1 unspecified atom stereocenters. The molecule has 3 rings (SSSR count).